The third-order valence-electron chi connectivity index (χ3n) is 4.16. The Labute approximate surface area is 108 Å². The topological polar surface area (TPSA) is 18.5 Å². The van der Waals surface area contributed by atoms with E-state index in [4.69, 9.17) is 0 Å². The molecular formula is C14H31N3. The molecule has 0 amide bonds. The van der Waals surface area contributed by atoms with Crippen molar-refractivity contribution in [1.82, 2.24) is 15.1 Å². The highest BCUT2D eigenvalue weighted by Gasteiger charge is 2.24. The normalized spacial score (nSPS) is 26.1. The molecule has 3 atom stereocenters. The lowest BCUT2D eigenvalue weighted by Crippen LogP contribution is -2.51. The van der Waals surface area contributed by atoms with Crippen LogP contribution in [0.5, 0.6) is 0 Å². The maximum Gasteiger partial charge on any atom is 0.0217 e. The highest BCUT2D eigenvalue weighted by Crippen LogP contribution is 2.15. The standard InChI is InChI=1S/C14H31N3/c1-6-12(2)15-10-13(3)17-9-7-8-14(11-17)16(4)5/h12-15H,6-11H2,1-5H3. The number of likely N-dealkylation sites (N-methyl/N-ethyl adjacent to an activating group) is 1. The van der Waals surface area contributed by atoms with Crippen molar-refractivity contribution in [3.63, 3.8) is 0 Å². The fourth-order valence-corrected chi connectivity index (χ4v) is 2.45. The van der Waals surface area contributed by atoms with Crippen molar-refractivity contribution in [2.45, 2.75) is 58.2 Å². The molecule has 0 spiro atoms. The van der Waals surface area contributed by atoms with Gasteiger partial charge in [-0.2, -0.15) is 0 Å². The number of rotatable bonds is 6. The van der Waals surface area contributed by atoms with Gasteiger partial charge in [0, 0.05) is 31.2 Å². The van der Waals surface area contributed by atoms with Gasteiger partial charge >= 0.3 is 0 Å². The number of hydrogen-bond donors (Lipinski definition) is 1. The number of likely N-dealkylation sites (tertiary alicyclic amines) is 1. The molecule has 1 saturated heterocycles. The first-order chi connectivity index (χ1) is 8.04. The summed E-state index contributed by atoms with van der Waals surface area (Å²) in [5.41, 5.74) is 0. The first-order valence-corrected chi connectivity index (χ1v) is 7.18. The van der Waals surface area contributed by atoms with Gasteiger partial charge in [-0.05, 0) is 53.8 Å². The average Bonchev–Trinajstić information content (AvgIpc) is 2.35. The van der Waals surface area contributed by atoms with Crippen LogP contribution in [0.2, 0.25) is 0 Å². The van der Waals surface area contributed by atoms with E-state index < -0.39 is 0 Å². The Morgan fingerprint density at radius 2 is 2.06 bits per heavy atom. The predicted molar refractivity (Wildman–Crippen MR) is 75.5 cm³/mol. The van der Waals surface area contributed by atoms with Gasteiger partial charge in [-0.1, -0.05) is 6.92 Å². The minimum absolute atomic E-state index is 0.645. The van der Waals surface area contributed by atoms with Gasteiger partial charge in [0.05, 0.1) is 0 Å². The third kappa shape index (κ3) is 4.94. The van der Waals surface area contributed by atoms with Crippen LogP contribution in [-0.2, 0) is 0 Å². The summed E-state index contributed by atoms with van der Waals surface area (Å²) in [5.74, 6) is 0. The Kier molecular flexibility index (Phi) is 6.45. The molecular weight excluding hydrogens is 210 g/mol. The van der Waals surface area contributed by atoms with Crippen LogP contribution < -0.4 is 5.32 Å². The second kappa shape index (κ2) is 7.34. The summed E-state index contributed by atoms with van der Waals surface area (Å²) >= 11 is 0. The monoisotopic (exact) mass is 241 g/mol. The first kappa shape index (κ1) is 14.9. The largest absolute Gasteiger partial charge is 0.313 e. The maximum absolute atomic E-state index is 3.62. The zero-order valence-electron chi connectivity index (χ0n) is 12.4. The molecule has 17 heavy (non-hydrogen) atoms. The minimum Gasteiger partial charge on any atom is -0.313 e. The van der Waals surface area contributed by atoms with Gasteiger partial charge in [0.25, 0.3) is 0 Å². The van der Waals surface area contributed by atoms with E-state index in [0.29, 0.717) is 12.1 Å². The molecule has 1 N–H and O–H groups in total. The highest BCUT2D eigenvalue weighted by atomic mass is 15.2. The Hall–Kier alpha value is -0.120. The van der Waals surface area contributed by atoms with E-state index >= 15 is 0 Å². The van der Waals surface area contributed by atoms with Gasteiger partial charge in [0.2, 0.25) is 0 Å². The van der Waals surface area contributed by atoms with Crippen molar-refractivity contribution in [1.29, 1.82) is 0 Å². The molecule has 0 radical (unpaired) electrons. The van der Waals surface area contributed by atoms with Crippen LogP contribution in [0, 0.1) is 0 Å². The van der Waals surface area contributed by atoms with Crippen LogP contribution in [-0.4, -0.2) is 61.7 Å². The van der Waals surface area contributed by atoms with E-state index in [9.17, 15) is 0 Å². The van der Waals surface area contributed by atoms with Gasteiger partial charge in [0.1, 0.15) is 0 Å². The molecule has 1 aliphatic rings. The minimum atomic E-state index is 0.645. The lowest BCUT2D eigenvalue weighted by atomic mass is 10.0. The summed E-state index contributed by atoms with van der Waals surface area (Å²) in [4.78, 5) is 5.02. The van der Waals surface area contributed by atoms with Crippen LogP contribution in [0.3, 0.4) is 0 Å². The fraction of sp³-hybridized carbons (Fsp3) is 1.00. The SMILES string of the molecule is CCC(C)NCC(C)N1CCCC(N(C)C)C1. The molecule has 102 valence electrons. The molecule has 0 aliphatic carbocycles. The van der Waals surface area contributed by atoms with E-state index in [1.54, 1.807) is 0 Å². The molecule has 1 heterocycles. The van der Waals surface area contributed by atoms with Crippen LogP contribution >= 0.6 is 0 Å². The van der Waals surface area contributed by atoms with Crippen LogP contribution in [0.1, 0.15) is 40.0 Å². The summed E-state index contributed by atoms with van der Waals surface area (Å²) in [7, 11) is 4.41. The molecule has 1 rings (SSSR count). The van der Waals surface area contributed by atoms with Gasteiger partial charge in [-0.3, -0.25) is 4.90 Å². The zero-order chi connectivity index (χ0) is 12.8. The number of nitrogens with one attached hydrogen (secondary N) is 1. The Morgan fingerprint density at radius 3 is 2.65 bits per heavy atom. The molecule has 0 aromatic carbocycles. The second-order valence-electron chi connectivity index (χ2n) is 5.82. The Bertz CT molecular complexity index is 206. The molecule has 0 bridgehead atoms. The van der Waals surface area contributed by atoms with E-state index in [0.717, 1.165) is 12.6 Å². The first-order valence-electron chi connectivity index (χ1n) is 7.18. The predicted octanol–water partition coefficient (Wildman–Crippen LogP) is 1.79. The number of nitrogens with zero attached hydrogens (tertiary/aromatic N) is 2. The van der Waals surface area contributed by atoms with Crippen molar-refractivity contribution in [2.75, 3.05) is 33.7 Å². The molecule has 3 nitrogen and oxygen atoms in total. The summed E-state index contributed by atoms with van der Waals surface area (Å²) in [5, 5.41) is 3.62. The molecule has 3 unspecified atom stereocenters. The highest BCUT2D eigenvalue weighted by molar-refractivity contribution is 4.82. The van der Waals surface area contributed by atoms with Gasteiger partial charge in [-0.15, -0.1) is 0 Å². The summed E-state index contributed by atoms with van der Waals surface area (Å²) < 4.78 is 0. The number of piperidine rings is 1. The summed E-state index contributed by atoms with van der Waals surface area (Å²) in [6, 6.07) is 2.05. The van der Waals surface area contributed by atoms with Crippen LogP contribution in [0.15, 0.2) is 0 Å². The number of hydrogen-bond acceptors (Lipinski definition) is 3. The van der Waals surface area contributed by atoms with Crippen molar-refractivity contribution in [2.24, 2.45) is 0 Å². The molecule has 0 aromatic heterocycles. The lowest BCUT2D eigenvalue weighted by molar-refractivity contribution is 0.101. The van der Waals surface area contributed by atoms with Gasteiger partial charge < -0.3 is 10.2 Å². The summed E-state index contributed by atoms with van der Waals surface area (Å²) in [6.07, 6.45) is 3.92. The van der Waals surface area contributed by atoms with E-state index in [1.165, 1.54) is 32.4 Å². The summed E-state index contributed by atoms with van der Waals surface area (Å²) in [6.45, 7) is 10.5. The van der Waals surface area contributed by atoms with E-state index in [-0.39, 0.29) is 0 Å². The molecule has 1 aliphatic heterocycles. The van der Waals surface area contributed by atoms with E-state index in [1.807, 2.05) is 0 Å². The average molecular weight is 241 g/mol. The smallest absolute Gasteiger partial charge is 0.0217 e. The van der Waals surface area contributed by atoms with Crippen LogP contribution in [0.25, 0.3) is 0 Å². The molecule has 1 fully saturated rings. The van der Waals surface area contributed by atoms with Gasteiger partial charge in [0.15, 0.2) is 0 Å². The zero-order valence-corrected chi connectivity index (χ0v) is 12.4. The van der Waals surface area contributed by atoms with Crippen molar-refractivity contribution < 1.29 is 0 Å². The maximum atomic E-state index is 3.62. The van der Waals surface area contributed by atoms with E-state index in [2.05, 4.69) is 50.0 Å². The van der Waals surface area contributed by atoms with Crippen molar-refractivity contribution in [3.05, 3.63) is 0 Å². The fourth-order valence-electron chi connectivity index (χ4n) is 2.45. The molecule has 0 saturated carbocycles. The van der Waals surface area contributed by atoms with Gasteiger partial charge in [-0.25, -0.2) is 0 Å². The quantitative estimate of drug-likeness (QED) is 0.765. The van der Waals surface area contributed by atoms with Crippen molar-refractivity contribution >= 4 is 0 Å². The second-order valence-corrected chi connectivity index (χ2v) is 5.82. The molecule has 0 aromatic rings. The lowest BCUT2D eigenvalue weighted by Gasteiger charge is -2.39. The third-order valence-corrected chi connectivity index (χ3v) is 4.16. The molecule has 3 heteroatoms. The Morgan fingerprint density at radius 1 is 1.35 bits per heavy atom. The van der Waals surface area contributed by atoms with Crippen molar-refractivity contribution in [3.8, 4) is 0 Å². The van der Waals surface area contributed by atoms with Crippen LogP contribution in [0.4, 0.5) is 0 Å². The Balaban J connectivity index is 2.33.